The van der Waals surface area contributed by atoms with Crippen LogP contribution < -0.4 is 0 Å². The number of ether oxygens (including phenoxy) is 4. The molecule has 1 fully saturated rings. The normalized spacial score (nSPS) is 23.4. The molecule has 1 aliphatic heterocycles. The van der Waals surface area contributed by atoms with Crippen molar-refractivity contribution in [3.8, 4) is 0 Å². The van der Waals surface area contributed by atoms with E-state index in [0.29, 0.717) is 26.2 Å². The number of hydrogen-bond donors (Lipinski definition) is 1. The third-order valence-electron chi connectivity index (χ3n) is 3.89. The lowest BCUT2D eigenvalue weighted by atomic mass is 10.0. The SMILES string of the molecule is CCOC(=O)C[C@H](O)C[C@H]1OC(C)(C)O[C@@H]1COCc1ccccc1. The Morgan fingerprint density at radius 2 is 1.92 bits per heavy atom. The summed E-state index contributed by atoms with van der Waals surface area (Å²) in [6.45, 7) is 6.54. The first-order chi connectivity index (χ1) is 11.9. The number of carbonyl (C=O) groups excluding carboxylic acids is 1. The minimum absolute atomic E-state index is 0.0499. The van der Waals surface area contributed by atoms with Gasteiger partial charge in [-0.2, -0.15) is 0 Å². The summed E-state index contributed by atoms with van der Waals surface area (Å²) in [7, 11) is 0. The lowest BCUT2D eigenvalue weighted by Crippen LogP contribution is -2.32. The zero-order valence-corrected chi connectivity index (χ0v) is 15.1. The van der Waals surface area contributed by atoms with Crippen LogP contribution in [0.4, 0.5) is 0 Å². The minimum atomic E-state index is -0.835. The molecule has 0 saturated carbocycles. The van der Waals surface area contributed by atoms with Gasteiger partial charge in [0, 0.05) is 6.42 Å². The molecule has 6 nitrogen and oxygen atoms in total. The van der Waals surface area contributed by atoms with Gasteiger partial charge in [0.15, 0.2) is 5.79 Å². The van der Waals surface area contributed by atoms with Crippen LogP contribution in [-0.4, -0.2) is 48.4 Å². The molecule has 0 amide bonds. The molecule has 1 aromatic rings. The lowest BCUT2D eigenvalue weighted by molar-refractivity contribution is -0.153. The molecule has 1 aliphatic rings. The summed E-state index contributed by atoms with van der Waals surface area (Å²) in [6.07, 6.45) is -1.23. The highest BCUT2D eigenvalue weighted by Gasteiger charge is 2.42. The van der Waals surface area contributed by atoms with Gasteiger partial charge in [-0.25, -0.2) is 0 Å². The van der Waals surface area contributed by atoms with Crippen LogP contribution in [0.25, 0.3) is 0 Å². The minimum Gasteiger partial charge on any atom is -0.466 e. The first-order valence-corrected chi connectivity index (χ1v) is 8.70. The van der Waals surface area contributed by atoms with Crippen molar-refractivity contribution in [3.63, 3.8) is 0 Å². The topological polar surface area (TPSA) is 74.2 Å². The molecule has 3 atom stereocenters. The van der Waals surface area contributed by atoms with Crippen LogP contribution in [0.5, 0.6) is 0 Å². The molecule has 0 aliphatic carbocycles. The number of hydrogen-bond acceptors (Lipinski definition) is 6. The van der Waals surface area contributed by atoms with E-state index in [0.717, 1.165) is 5.56 Å². The maximum Gasteiger partial charge on any atom is 0.308 e. The van der Waals surface area contributed by atoms with Crippen LogP contribution in [0.15, 0.2) is 30.3 Å². The highest BCUT2D eigenvalue weighted by Crippen LogP contribution is 2.31. The van der Waals surface area contributed by atoms with E-state index in [1.54, 1.807) is 6.92 Å². The molecule has 0 spiro atoms. The van der Waals surface area contributed by atoms with Crippen molar-refractivity contribution in [3.05, 3.63) is 35.9 Å². The zero-order valence-electron chi connectivity index (χ0n) is 15.1. The smallest absolute Gasteiger partial charge is 0.308 e. The third-order valence-corrected chi connectivity index (χ3v) is 3.89. The Balaban J connectivity index is 1.83. The molecule has 0 bridgehead atoms. The third kappa shape index (κ3) is 6.74. The molecular weight excluding hydrogens is 324 g/mol. The highest BCUT2D eigenvalue weighted by molar-refractivity contribution is 5.69. The van der Waals surface area contributed by atoms with Gasteiger partial charge in [0.2, 0.25) is 0 Å². The van der Waals surface area contributed by atoms with Crippen LogP contribution in [0.3, 0.4) is 0 Å². The van der Waals surface area contributed by atoms with Crippen LogP contribution in [0.1, 0.15) is 39.2 Å². The predicted molar refractivity (Wildman–Crippen MR) is 91.8 cm³/mol. The zero-order chi connectivity index (χ0) is 18.3. The van der Waals surface area contributed by atoms with E-state index in [-0.39, 0.29) is 18.6 Å². The summed E-state index contributed by atoms with van der Waals surface area (Å²) >= 11 is 0. The Hall–Kier alpha value is -1.47. The molecular formula is C19H28O6. The van der Waals surface area contributed by atoms with E-state index >= 15 is 0 Å². The van der Waals surface area contributed by atoms with Gasteiger partial charge in [-0.3, -0.25) is 4.79 Å². The van der Waals surface area contributed by atoms with Crippen molar-refractivity contribution >= 4 is 5.97 Å². The predicted octanol–water partition coefficient (Wildman–Crippen LogP) is 2.43. The fraction of sp³-hybridized carbons (Fsp3) is 0.632. The second-order valence-electron chi connectivity index (χ2n) is 6.61. The van der Waals surface area contributed by atoms with Crippen molar-refractivity contribution in [2.45, 2.75) is 64.3 Å². The van der Waals surface area contributed by atoms with Crippen molar-refractivity contribution in [2.75, 3.05) is 13.2 Å². The van der Waals surface area contributed by atoms with Crippen molar-refractivity contribution < 1.29 is 28.8 Å². The maximum atomic E-state index is 11.5. The molecule has 0 radical (unpaired) electrons. The summed E-state index contributed by atoms with van der Waals surface area (Å²) in [5.41, 5.74) is 1.08. The molecule has 1 N–H and O–H groups in total. The lowest BCUT2D eigenvalue weighted by Gasteiger charge is -2.19. The number of rotatable bonds is 9. The van der Waals surface area contributed by atoms with Gasteiger partial charge in [-0.05, 0) is 26.3 Å². The van der Waals surface area contributed by atoms with Gasteiger partial charge < -0.3 is 24.1 Å². The van der Waals surface area contributed by atoms with Crippen molar-refractivity contribution in [1.29, 1.82) is 0 Å². The molecule has 6 heteroatoms. The highest BCUT2D eigenvalue weighted by atomic mass is 16.8. The molecule has 0 unspecified atom stereocenters. The van der Waals surface area contributed by atoms with Crippen molar-refractivity contribution in [2.24, 2.45) is 0 Å². The monoisotopic (exact) mass is 352 g/mol. The number of aliphatic hydroxyl groups excluding tert-OH is 1. The number of benzene rings is 1. The maximum absolute atomic E-state index is 11.5. The van der Waals surface area contributed by atoms with E-state index in [4.69, 9.17) is 18.9 Å². The van der Waals surface area contributed by atoms with Gasteiger partial charge in [-0.15, -0.1) is 0 Å². The first-order valence-electron chi connectivity index (χ1n) is 8.70. The van der Waals surface area contributed by atoms with Gasteiger partial charge in [0.1, 0.15) is 6.10 Å². The van der Waals surface area contributed by atoms with Gasteiger partial charge in [0.05, 0.1) is 38.4 Å². The first kappa shape index (κ1) is 19.8. The van der Waals surface area contributed by atoms with Crippen LogP contribution in [-0.2, 0) is 30.3 Å². The molecule has 1 saturated heterocycles. The second-order valence-corrected chi connectivity index (χ2v) is 6.61. The molecule has 1 heterocycles. The summed E-state index contributed by atoms with van der Waals surface area (Å²) < 4.78 is 22.4. The van der Waals surface area contributed by atoms with Crippen molar-refractivity contribution in [1.82, 2.24) is 0 Å². The van der Waals surface area contributed by atoms with E-state index in [9.17, 15) is 9.90 Å². The Bertz CT molecular complexity index is 530. The Labute approximate surface area is 149 Å². The van der Waals surface area contributed by atoms with Gasteiger partial charge in [-0.1, -0.05) is 30.3 Å². The van der Waals surface area contributed by atoms with Crippen LogP contribution in [0.2, 0.25) is 0 Å². The quantitative estimate of drug-likeness (QED) is 0.688. The number of esters is 1. The second kappa shape index (κ2) is 9.29. The average Bonchev–Trinajstić information content (AvgIpc) is 2.82. The fourth-order valence-electron chi connectivity index (χ4n) is 2.88. The average molecular weight is 352 g/mol. The summed E-state index contributed by atoms with van der Waals surface area (Å²) in [6, 6.07) is 9.88. The Morgan fingerprint density at radius 3 is 2.60 bits per heavy atom. The van der Waals surface area contributed by atoms with E-state index in [1.165, 1.54) is 0 Å². The standard InChI is InChI=1S/C19H28O6/c1-4-23-18(21)11-15(20)10-16-17(25-19(2,3)24-16)13-22-12-14-8-6-5-7-9-14/h5-9,15-17,20H,4,10-13H2,1-3H3/t15-,16-,17-/m1/s1. The molecule has 2 rings (SSSR count). The number of aliphatic hydroxyl groups is 1. The molecule has 0 aromatic heterocycles. The van der Waals surface area contributed by atoms with E-state index in [1.807, 2.05) is 44.2 Å². The molecule has 25 heavy (non-hydrogen) atoms. The number of carbonyl (C=O) groups is 1. The molecule has 1 aromatic carbocycles. The Kier molecular flexibility index (Phi) is 7.38. The largest absolute Gasteiger partial charge is 0.466 e. The summed E-state index contributed by atoms with van der Waals surface area (Å²) in [5.74, 6) is -1.15. The van der Waals surface area contributed by atoms with Gasteiger partial charge in [0.25, 0.3) is 0 Å². The van der Waals surface area contributed by atoms with Gasteiger partial charge >= 0.3 is 5.97 Å². The fourth-order valence-corrected chi connectivity index (χ4v) is 2.88. The molecule has 140 valence electrons. The summed E-state index contributed by atoms with van der Waals surface area (Å²) in [5, 5.41) is 10.1. The van der Waals surface area contributed by atoms with Crippen LogP contribution >= 0.6 is 0 Å². The van der Waals surface area contributed by atoms with E-state index < -0.39 is 17.9 Å². The van der Waals surface area contributed by atoms with E-state index in [2.05, 4.69) is 0 Å². The Morgan fingerprint density at radius 1 is 1.24 bits per heavy atom. The van der Waals surface area contributed by atoms with Crippen LogP contribution in [0, 0.1) is 0 Å². The summed E-state index contributed by atoms with van der Waals surface area (Å²) in [4.78, 5) is 11.5.